The van der Waals surface area contributed by atoms with Crippen LogP contribution in [0.4, 0.5) is 4.39 Å². The van der Waals surface area contributed by atoms with Crippen LogP contribution in [0.2, 0.25) is 0 Å². The SMILES string of the molecule is COc1ccc(OCC(=O)NCC(=O)NCc2ccc(F)cc2)cc1. The second-order valence-corrected chi connectivity index (χ2v) is 5.14. The van der Waals surface area contributed by atoms with Crippen molar-refractivity contribution in [1.82, 2.24) is 10.6 Å². The van der Waals surface area contributed by atoms with Crippen LogP contribution in [0, 0.1) is 5.82 Å². The monoisotopic (exact) mass is 346 g/mol. The molecule has 0 aliphatic rings. The minimum absolute atomic E-state index is 0.161. The molecule has 25 heavy (non-hydrogen) atoms. The van der Waals surface area contributed by atoms with Gasteiger partial charge in [0.25, 0.3) is 5.91 Å². The first-order valence-electron chi connectivity index (χ1n) is 7.61. The average Bonchev–Trinajstić information content (AvgIpc) is 2.64. The molecule has 0 fully saturated rings. The molecule has 6 nitrogen and oxygen atoms in total. The summed E-state index contributed by atoms with van der Waals surface area (Å²) in [6.07, 6.45) is 0. The minimum Gasteiger partial charge on any atom is -0.497 e. The third kappa shape index (κ3) is 6.50. The normalized spacial score (nSPS) is 10.0. The number of halogens is 1. The number of nitrogens with one attached hydrogen (secondary N) is 2. The van der Waals surface area contributed by atoms with Crippen LogP contribution in [-0.2, 0) is 16.1 Å². The van der Waals surface area contributed by atoms with Crippen LogP contribution in [0.15, 0.2) is 48.5 Å². The number of hydrogen-bond acceptors (Lipinski definition) is 4. The molecular formula is C18H19FN2O4. The largest absolute Gasteiger partial charge is 0.497 e. The second-order valence-electron chi connectivity index (χ2n) is 5.14. The highest BCUT2D eigenvalue weighted by atomic mass is 19.1. The van der Waals surface area contributed by atoms with E-state index in [4.69, 9.17) is 9.47 Å². The lowest BCUT2D eigenvalue weighted by Crippen LogP contribution is -2.38. The molecule has 7 heteroatoms. The Bertz CT molecular complexity index is 702. The molecule has 0 unspecified atom stereocenters. The fourth-order valence-electron chi connectivity index (χ4n) is 1.92. The number of carbonyl (C=O) groups is 2. The van der Waals surface area contributed by atoms with E-state index in [2.05, 4.69) is 10.6 Å². The molecule has 0 atom stereocenters. The van der Waals surface area contributed by atoms with Crippen molar-refractivity contribution in [3.05, 3.63) is 59.9 Å². The number of benzene rings is 2. The van der Waals surface area contributed by atoms with Crippen molar-refractivity contribution in [3.63, 3.8) is 0 Å². The Morgan fingerprint density at radius 1 is 0.920 bits per heavy atom. The van der Waals surface area contributed by atoms with Gasteiger partial charge in [-0.2, -0.15) is 0 Å². The third-order valence-corrected chi connectivity index (χ3v) is 3.28. The van der Waals surface area contributed by atoms with Crippen molar-refractivity contribution in [2.24, 2.45) is 0 Å². The van der Waals surface area contributed by atoms with Crippen LogP contribution in [0.1, 0.15) is 5.56 Å². The molecule has 0 aliphatic carbocycles. The molecule has 0 heterocycles. The van der Waals surface area contributed by atoms with Gasteiger partial charge in [-0.15, -0.1) is 0 Å². The first-order valence-corrected chi connectivity index (χ1v) is 7.61. The van der Waals surface area contributed by atoms with Gasteiger partial charge in [-0.3, -0.25) is 9.59 Å². The van der Waals surface area contributed by atoms with Gasteiger partial charge in [0.2, 0.25) is 5.91 Å². The van der Waals surface area contributed by atoms with Crippen molar-refractivity contribution in [3.8, 4) is 11.5 Å². The number of rotatable bonds is 8. The lowest BCUT2D eigenvalue weighted by atomic mass is 10.2. The van der Waals surface area contributed by atoms with Gasteiger partial charge in [-0.25, -0.2) is 4.39 Å². The maximum Gasteiger partial charge on any atom is 0.258 e. The van der Waals surface area contributed by atoms with Gasteiger partial charge < -0.3 is 20.1 Å². The first-order chi connectivity index (χ1) is 12.1. The van der Waals surface area contributed by atoms with E-state index in [0.717, 1.165) is 5.56 Å². The predicted molar refractivity (Wildman–Crippen MR) is 89.7 cm³/mol. The zero-order chi connectivity index (χ0) is 18.1. The highest BCUT2D eigenvalue weighted by molar-refractivity contribution is 5.85. The molecule has 0 saturated heterocycles. The summed E-state index contributed by atoms with van der Waals surface area (Å²) in [4.78, 5) is 23.4. The molecule has 0 saturated carbocycles. The average molecular weight is 346 g/mol. The summed E-state index contributed by atoms with van der Waals surface area (Å²) in [6, 6.07) is 12.6. The first kappa shape index (κ1) is 18.3. The van der Waals surface area contributed by atoms with Gasteiger partial charge in [0.15, 0.2) is 6.61 Å². The zero-order valence-electron chi connectivity index (χ0n) is 13.8. The summed E-state index contributed by atoms with van der Waals surface area (Å²) < 4.78 is 23.1. The summed E-state index contributed by atoms with van der Waals surface area (Å²) >= 11 is 0. The number of amides is 2. The highest BCUT2D eigenvalue weighted by Gasteiger charge is 2.06. The molecule has 0 bridgehead atoms. The Morgan fingerprint density at radius 3 is 2.20 bits per heavy atom. The molecule has 2 rings (SSSR count). The van der Waals surface area contributed by atoms with Crippen LogP contribution < -0.4 is 20.1 Å². The van der Waals surface area contributed by atoms with E-state index < -0.39 is 5.91 Å². The van der Waals surface area contributed by atoms with Gasteiger partial charge in [0, 0.05) is 6.54 Å². The Balaban J connectivity index is 1.64. The smallest absolute Gasteiger partial charge is 0.258 e. The maximum atomic E-state index is 12.8. The standard InChI is InChI=1S/C18H19FN2O4/c1-24-15-6-8-16(9-7-15)25-12-18(23)21-11-17(22)20-10-13-2-4-14(19)5-3-13/h2-9H,10-12H2,1H3,(H,20,22)(H,21,23). The minimum atomic E-state index is -0.409. The summed E-state index contributed by atoms with van der Waals surface area (Å²) in [5.41, 5.74) is 0.768. The van der Waals surface area contributed by atoms with Crippen molar-refractivity contribution in [2.45, 2.75) is 6.54 Å². The van der Waals surface area contributed by atoms with Crippen LogP contribution >= 0.6 is 0 Å². The van der Waals surface area contributed by atoms with E-state index in [9.17, 15) is 14.0 Å². The van der Waals surface area contributed by atoms with Crippen molar-refractivity contribution >= 4 is 11.8 Å². The Labute approximate surface area is 144 Å². The fraction of sp³-hybridized carbons (Fsp3) is 0.222. The van der Waals surface area contributed by atoms with Gasteiger partial charge in [0.1, 0.15) is 17.3 Å². The lowest BCUT2D eigenvalue weighted by molar-refractivity contribution is -0.127. The Morgan fingerprint density at radius 2 is 1.56 bits per heavy atom. The van der Waals surface area contributed by atoms with Gasteiger partial charge in [-0.1, -0.05) is 12.1 Å². The molecule has 2 amide bonds. The summed E-state index contributed by atoms with van der Waals surface area (Å²) in [7, 11) is 1.56. The van der Waals surface area contributed by atoms with Crippen LogP contribution in [-0.4, -0.2) is 32.1 Å². The van der Waals surface area contributed by atoms with Gasteiger partial charge in [-0.05, 0) is 42.0 Å². The van der Waals surface area contributed by atoms with E-state index >= 15 is 0 Å². The fourth-order valence-corrected chi connectivity index (χ4v) is 1.92. The number of ether oxygens (including phenoxy) is 2. The van der Waals surface area contributed by atoms with E-state index in [0.29, 0.717) is 11.5 Å². The van der Waals surface area contributed by atoms with Gasteiger partial charge in [0.05, 0.1) is 13.7 Å². The molecule has 0 aliphatic heterocycles. The quantitative estimate of drug-likeness (QED) is 0.762. The number of hydrogen-bond donors (Lipinski definition) is 2. The molecule has 0 radical (unpaired) electrons. The number of methoxy groups -OCH3 is 1. The lowest BCUT2D eigenvalue weighted by Gasteiger charge is -2.09. The Hall–Kier alpha value is -3.09. The summed E-state index contributed by atoms with van der Waals surface area (Å²) in [5.74, 6) is 0.125. The van der Waals surface area contributed by atoms with Crippen molar-refractivity contribution < 1.29 is 23.5 Å². The van der Waals surface area contributed by atoms with Crippen LogP contribution in [0.5, 0.6) is 11.5 Å². The summed E-state index contributed by atoms with van der Waals surface area (Å²) in [5, 5.41) is 5.09. The van der Waals surface area contributed by atoms with E-state index in [1.165, 1.54) is 12.1 Å². The van der Waals surface area contributed by atoms with Crippen LogP contribution in [0.3, 0.4) is 0 Å². The molecule has 132 valence electrons. The van der Waals surface area contributed by atoms with Crippen LogP contribution in [0.25, 0.3) is 0 Å². The van der Waals surface area contributed by atoms with E-state index in [1.54, 1.807) is 43.5 Å². The second kappa shape index (κ2) is 9.27. The molecule has 2 N–H and O–H groups in total. The predicted octanol–water partition coefficient (Wildman–Crippen LogP) is 1.65. The molecule has 0 spiro atoms. The zero-order valence-corrected chi connectivity index (χ0v) is 13.8. The van der Waals surface area contributed by atoms with Crippen molar-refractivity contribution in [2.75, 3.05) is 20.3 Å². The third-order valence-electron chi connectivity index (χ3n) is 3.28. The molecule has 2 aromatic rings. The number of carbonyl (C=O) groups excluding carboxylic acids is 2. The summed E-state index contributed by atoms with van der Waals surface area (Å²) in [6.45, 7) is -0.0963. The van der Waals surface area contributed by atoms with E-state index in [1.807, 2.05) is 0 Å². The molecule has 0 aromatic heterocycles. The van der Waals surface area contributed by atoms with Crippen molar-refractivity contribution in [1.29, 1.82) is 0 Å². The molecule has 2 aromatic carbocycles. The molecular weight excluding hydrogens is 327 g/mol. The highest BCUT2D eigenvalue weighted by Crippen LogP contribution is 2.16. The Kier molecular flexibility index (Phi) is 6.76. The van der Waals surface area contributed by atoms with E-state index in [-0.39, 0.29) is 31.4 Å². The van der Waals surface area contributed by atoms with Gasteiger partial charge >= 0.3 is 0 Å². The maximum absolute atomic E-state index is 12.8. The topological polar surface area (TPSA) is 76.7 Å².